The van der Waals surface area contributed by atoms with Gasteiger partial charge in [-0.25, -0.2) is 4.39 Å². The molecule has 0 fully saturated rings. The first-order valence-corrected chi connectivity index (χ1v) is 3.34. The third-order valence-electron chi connectivity index (χ3n) is 1.69. The molecule has 3 nitrogen and oxygen atoms in total. The number of aromatic amines is 1. The molecule has 0 aliphatic heterocycles. The minimum Gasteiger partial charge on any atom is -0.278 e. The van der Waals surface area contributed by atoms with Crippen molar-refractivity contribution in [2.75, 3.05) is 0 Å². The van der Waals surface area contributed by atoms with Crippen LogP contribution in [0.5, 0.6) is 0 Å². The molecule has 0 radical (unpaired) electrons. The molecular weight excluding hydrogens is 157 g/mol. The highest BCUT2D eigenvalue weighted by atomic mass is 19.1. The summed E-state index contributed by atoms with van der Waals surface area (Å²) in [6.45, 7) is 0. The second-order valence-electron chi connectivity index (χ2n) is 2.37. The molecule has 2 aromatic rings. The van der Waals surface area contributed by atoms with E-state index in [1.165, 1.54) is 12.3 Å². The smallest absolute Gasteiger partial charge is 0.141 e. The quantitative estimate of drug-likeness (QED) is 0.637. The monoisotopic (exact) mass is 161 g/mol. The Morgan fingerprint density at radius 1 is 1.50 bits per heavy atom. The lowest BCUT2D eigenvalue weighted by Gasteiger charge is -1.92. The Bertz CT molecular complexity index is 467. The number of benzene rings is 1. The summed E-state index contributed by atoms with van der Waals surface area (Å²) in [6.07, 6.45) is 1.44. The molecule has 58 valence electrons. The Morgan fingerprint density at radius 3 is 3.08 bits per heavy atom. The van der Waals surface area contributed by atoms with Crippen molar-refractivity contribution in [2.45, 2.75) is 0 Å². The zero-order valence-electron chi connectivity index (χ0n) is 6.00. The van der Waals surface area contributed by atoms with Crippen molar-refractivity contribution in [3.8, 4) is 6.07 Å². The predicted octanol–water partition coefficient (Wildman–Crippen LogP) is 1.57. The first-order chi connectivity index (χ1) is 5.83. The Kier molecular flexibility index (Phi) is 1.31. The van der Waals surface area contributed by atoms with Crippen LogP contribution in [-0.2, 0) is 0 Å². The molecule has 1 N–H and O–H groups in total. The Morgan fingerprint density at radius 2 is 2.33 bits per heavy atom. The second kappa shape index (κ2) is 2.31. The molecule has 0 saturated carbocycles. The van der Waals surface area contributed by atoms with E-state index in [-0.39, 0.29) is 5.56 Å². The van der Waals surface area contributed by atoms with Gasteiger partial charge >= 0.3 is 0 Å². The van der Waals surface area contributed by atoms with Crippen LogP contribution in [0.25, 0.3) is 10.9 Å². The lowest BCUT2D eigenvalue weighted by Crippen LogP contribution is -1.83. The van der Waals surface area contributed by atoms with E-state index < -0.39 is 5.82 Å². The SMILES string of the molecule is N#Cc1c(F)ccc2[nH]ncc12. The largest absolute Gasteiger partial charge is 0.278 e. The maximum absolute atomic E-state index is 12.9. The molecule has 0 amide bonds. The van der Waals surface area contributed by atoms with Gasteiger partial charge in [0.2, 0.25) is 0 Å². The number of nitriles is 1. The van der Waals surface area contributed by atoms with E-state index in [0.29, 0.717) is 10.9 Å². The van der Waals surface area contributed by atoms with Crippen molar-refractivity contribution in [1.29, 1.82) is 5.26 Å². The standard InChI is InChI=1S/C8H4FN3/c9-7-1-2-8-6(4-11-12-8)5(7)3-10/h1-2,4H,(H,11,12). The average Bonchev–Trinajstić information content (AvgIpc) is 2.52. The fourth-order valence-corrected chi connectivity index (χ4v) is 1.10. The Balaban J connectivity index is 2.94. The molecule has 0 atom stereocenters. The molecule has 0 aliphatic carbocycles. The van der Waals surface area contributed by atoms with Crippen LogP contribution in [0.1, 0.15) is 5.56 Å². The number of aromatic nitrogens is 2. The van der Waals surface area contributed by atoms with E-state index >= 15 is 0 Å². The van der Waals surface area contributed by atoms with Gasteiger partial charge in [-0.1, -0.05) is 0 Å². The number of halogens is 1. The second-order valence-corrected chi connectivity index (χ2v) is 2.37. The van der Waals surface area contributed by atoms with Crippen LogP contribution >= 0.6 is 0 Å². The Hall–Kier alpha value is -1.89. The molecule has 2 rings (SSSR count). The third-order valence-corrected chi connectivity index (χ3v) is 1.69. The van der Waals surface area contributed by atoms with E-state index in [9.17, 15) is 4.39 Å². The van der Waals surface area contributed by atoms with Crippen molar-refractivity contribution in [3.63, 3.8) is 0 Å². The van der Waals surface area contributed by atoms with Crippen molar-refractivity contribution in [1.82, 2.24) is 10.2 Å². The molecule has 0 saturated heterocycles. The normalized spacial score (nSPS) is 10.0. The maximum Gasteiger partial charge on any atom is 0.141 e. The molecule has 1 aromatic carbocycles. The first kappa shape index (κ1) is 6.80. The summed E-state index contributed by atoms with van der Waals surface area (Å²) in [5.74, 6) is -0.508. The van der Waals surface area contributed by atoms with Gasteiger partial charge in [0.25, 0.3) is 0 Å². The lowest BCUT2D eigenvalue weighted by atomic mass is 10.1. The van der Waals surface area contributed by atoms with Crippen LogP contribution in [0.4, 0.5) is 4.39 Å². The van der Waals surface area contributed by atoms with Crippen LogP contribution in [-0.4, -0.2) is 10.2 Å². The fourth-order valence-electron chi connectivity index (χ4n) is 1.10. The van der Waals surface area contributed by atoms with Crippen molar-refractivity contribution >= 4 is 10.9 Å². The topological polar surface area (TPSA) is 52.5 Å². The molecule has 1 aromatic heterocycles. The zero-order chi connectivity index (χ0) is 8.55. The van der Waals surface area contributed by atoms with Gasteiger partial charge in [-0.15, -0.1) is 0 Å². The van der Waals surface area contributed by atoms with E-state index in [1.807, 2.05) is 0 Å². The third kappa shape index (κ3) is 0.768. The minimum absolute atomic E-state index is 0.0428. The van der Waals surface area contributed by atoms with Crippen LogP contribution in [0, 0.1) is 17.1 Å². The number of H-pyrrole nitrogens is 1. The molecule has 4 heteroatoms. The molecule has 0 aliphatic rings. The Labute approximate surface area is 67.4 Å². The van der Waals surface area contributed by atoms with Crippen LogP contribution in [0.15, 0.2) is 18.3 Å². The van der Waals surface area contributed by atoms with E-state index in [0.717, 1.165) is 0 Å². The minimum atomic E-state index is -0.508. The number of nitrogens with one attached hydrogen (secondary N) is 1. The molecule has 1 heterocycles. The number of hydrogen-bond acceptors (Lipinski definition) is 2. The van der Waals surface area contributed by atoms with Gasteiger partial charge in [-0.05, 0) is 12.1 Å². The van der Waals surface area contributed by atoms with Crippen LogP contribution in [0.2, 0.25) is 0 Å². The predicted molar refractivity (Wildman–Crippen MR) is 40.8 cm³/mol. The summed E-state index contributed by atoms with van der Waals surface area (Å²) in [4.78, 5) is 0. The molecule has 12 heavy (non-hydrogen) atoms. The van der Waals surface area contributed by atoms with E-state index in [1.54, 1.807) is 12.1 Å². The van der Waals surface area contributed by atoms with Gasteiger partial charge in [0.1, 0.15) is 11.9 Å². The summed E-state index contributed by atoms with van der Waals surface area (Å²) in [5, 5.41) is 15.5. The first-order valence-electron chi connectivity index (χ1n) is 3.34. The van der Waals surface area contributed by atoms with Crippen molar-refractivity contribution < 1.29 is 4.39 Å². The molecular formula is C8H4FN3. The molecule has 0 bridgehead atoms. The van der Waals surface area contributed by atoms with Gasteiger partial charge < -0.3 is 0 Å². The number of rotatable bonds is 0. The summed E-state index contributed by atoms with van der Waals surface area (Å²) in [5.41, 5.74) is 0.717. The number of hydrogen-bond donors (Lipinski definition) is 1. The van der Waals surface area contributed by atoms with Gasteiger partial charge in [0, 0.05) is 5.39 Å². The molecule has 0 spiro atoms. The van der Waals surface area contributed by atoms with Crippen LogP contribution < -0.4 is 0 Å². The van der Waals surface area contributed by atoms with E-state index in [2.05, 4.69) is 10.2 Å². The number of nitrogens with zero attached hydrogens (tertiary/aromatic N) is 2. The highest BCUT2D eigenvalue weighted by Crippen LogP contribution is 2.17. The lowest BCUT2D eigenvalue weighted by molar-refractivity contribution is 0.626. The van der Waals surface area contributed by atoms with E-state index in [4.69, 9.17) is 5.26 Å². The highest BCUT2D eigenvalue weighted by molar-refractivity contribution is 5.84. The summed E-state index contributed by atoms with van der Waals surface area (Å²) in [7, 11) is 0. The highest BCUT2D eigenvalue weighted by Gasteiger charge is 2.07. The summed E-state index contributed by atoms with van der Waals surface area (Å²) in [6, 6.07) is 4.59. The van der Waals surface area contributed by atoms with Crippen LogP contribution in [0.3, 0.4) is 0 Å². The molecule has 0 unspecified atom stereocenters. The van der Waals surface area contributed by atoms with Gasteiger partial charge in [0.05, 0.1) is 17.3 Å². The van der Waals surface area contributed by atoms with Crippen molar-refractivity contribution in [3.05, 3.63) is 29.7 Å². The average molecular weight is 161 g/mol. The summed E-state index contributed by atoms with van der Waals surface area (Å²) < 4.78 is 12.9. The summed E-state index contributed by atoms with van der Waals surface area (Å²) >= 11 is 0. The number of fused-ring (bicyclic) bond motifs is 1. The maximum atomic E-state index is 12.9. The van der Waals surface area contributed by atoms with Gasteiger partial charge in [-0.2, -0.15) is 10.4 Å². The zero-order valence-corrected chi connectivity index (χ0v) is 6.00. The fraction of sp³-hybridized carbons (Fsp3) is 0. The van der Waals surface area contributed by atoms with Crippen molar-refractivity contribution in [2.24, 2.45) is 0 Å². The van der Waals surface area contributed by atoms with Gasteiger partial charge in [0.15, 0.2) is 0 Å². The van der Waals surface area contributed by atoms with Gasteiger partial charge in [-0.3, -0.25) is 5.10 Å².